The summed E-state index contributed by atoms with van der Waals surface area (Å²) < 4.78 is 11.7. The number of benzene rings is 2. The molecule has 1 aliphatic carbocycles. The van der Waals surface area contributed by atoms with E-state index in [1.54, 1.807) is 6.07 Å². The van der Waals surface area contributed by atoms with Gasteiger partial charge < -0.3 is 9.15 Å². The van der Waals surface area contributed by atoms with Crippen LogP contribution in [0.15, 0.2) is 51.7 Å². The van der Waals surface area contributed by atoms with Gasteiger partial charge in [0.15, 0.2) is 0 Å². The largest absolute Gasteiger partial charge is 0.456 e. The van der Waals surface area contributed by atoms with E-state index in [9.17, 15) is 4.79 Å². The Balaban J connectivity index is 1.69. The second-order valence-corrected chi connectivity index (χ2v) is 7.25. The average molecular weight is 357 g/mol. The van der Waals surface area contributed by atoms with Gasteiger partial charge in [-0.3, -0.25) is 4.98 Å². The first-order chi connectivity index (χ1) is 13.1. The van der Waals surface area contributed by atoms with Crippen molar-refractivity contribution in [3.8, 4) is 11.5 Å². The van der Waals surface area contributed by atoms with Gasteiger partial charge in [0.1, 0.15) is 17.1 Å². The third-order valence-corrected chi connectivity index (χ3v) is 5.26. The third kappa shape index (κ3) is 2.69. The lowest BCUT2D eigenvalue weighted by molar-refractivity contribution is 0.480. The Morgan fingerprint density at radius 3 is 2.78 bits per heavy atom. The first-order valence-electron chi connectivity index (χ1n) is 9.23. The summed E-state index contributed by atoms with van der Waals surface area (Å²) in [4.78, 5) is 16.6. The van der Waals surface area contributed by atoms with Crippen LogP contribution in [0.5, 0.6) is 11.5 Å². The zero-order chi connectivity index (χ0) is 18.5. The molecule has 2 aromatic carbocycles. The zero-order valence-corrected chi connectivity index (χ0v) is 15.3. The minimum Gasteiger partial charge on any atom is -0.456 e. The maximum absolute atomic E-state index is 11.7. The molecule has 4 heteroatoms. The summed E-state index contributed by atoms with van der Waals surface area (Å²) in [5.41, 5.74) is 5.56. The van der Waals surface area contributed by atoms with E-state index in [4.69, 9.17) is 14.1 Å². The van der Waals surface area contributed by atoms with Gasteiger partial charge in [0, 0.05) is 34.2 Å². The minimum atomic E-state index is -0.344. The normalized spacial score (nSPS) is 13.3. The topological polar surface area (TPSA) is 52.3 Å². The van der Waals surface area contributed by atoms with Gasteiger partial charge >= 0.3 is 5.63 Å². The summed E-state index contributed by atoms with van der Waals surface area (Å²) in [6, 6.07) is 13.4. The lowest BCUT2D eigenvalue weighted by Crippen LogP contribution is -1.99. The van der Waals surface area contributed by atoms with Gasteiger partial charge in [-0.2, -0.15) is 0 Å². The van der Waals surface area contributed by atoms with Crippen LogP contribution < -0.4 is 10.4 Å². The van der Waals surface area contributed by atoms with Crippen LogP contribution >= 0.6 is 0 Å². The van der Waals surface area contributed by atoms with Crippen molar-refractivity contribution in [3.05, 3.63) is 75.3 Å². The Morgan fingerprint density at radius 1 is 1.00 bits per heavy atom. The van der Waals surface area contributed by atoms with Crippen molar-refractivity contribution >= 4 is 21.9 Å². The third-order valence-electron chi connectivity index (χ3n) is 5.26. The van der Waals surface area contributed by atoms with Crippen molar-refractivity contribution in [2.45, 2.75) is 33.1 Å². The van der Waals surface area contributed by atoms with Crippen LogP contribution in [0.1, 0.15) is 28.8 Å². The van der Waals surface area contributed by atoms with E-state index in [0.717, 1.165) is 52.6 Å². The minimum absolute atomic E-state index is 0.344. The molecular formula is C23H19NO3. The van der Waals surface area contributed by atoms with E-state index < -0.39 is 0 Å². The highest BCUT2D eigenvalue weighted by Gasteiger charge is 2.21. The molecule has 1 aliphatic rings. The summed E-state index contributed by atoms with van der Waals surface area (Å²) in [7, 11) is 0. The summed E-state index contributed by atoms with van der Waals surface area (Å²) >= 11 is 0. The number of nitrogens with zero attached hydrogens (tertiary/aromatic N) is 1. The Labute approximate surface area is 156 Å². The van der Waals surface area contributed by atoms with Crippen LogP contribution in [0, 0.1) is 13.8 Å². The van der Waals surface area contributed by atoms with Gasteiger partial charge in [-0.15, -0.1) is 0 Å². The molecule has 0 spiro atoms. The first-order valence-corrected chi connectivity index (χ1v) is 9.23. The fourth-order valence-electron chi connectivity index (χ4n) is 3.94. The van der Waals surface area contributed by atoms with E-state index in [0.29, 0.717) is 11.3 Å². The van der Waals surface area contributed by atoms with Crippen LogP contribution in [0.25, 0.3) is 21.9 Å². The highest BCUT2D eigenvalue weighted by Crippen LogP contribution is 2.39. The number of ether oxygens (including phenoxy) is 1. The van der Waals surface area contributed by atoms with Crippen LogP contribution in [-0.2, 0) is 12.8 Å². The second kappa shape index (κ2) is 5.95. The van der Waals surface area contributed by atoms with Crippen molar-refractivity contribution in [1.82, 2.24) is 4.98 Å². The molecule has 0 amide bonds. The maximum Gasteiger partial charge on any atom is 0.336 e. The second-order valence-electron chi connectivity index (χ2n) is 7.25. The molecule has 0 fully saturated rings. The van der Waals surface area contributed by atoms with E-state index in [1.807, 2.05) is 19.1 Å². The number of fused-ring (bicyclic) bond motifs is 3. The Morgan fingerprint density at radius 2 is 1.89 bits per heavy atom. The summed E-state index contributed by atoms with van der Waals surface area (Å²) in [5.74, 6) is 1.55. The van der Waals surface area contributed by atoms with Crippen LogP contribution in [0.3, 0.4) is 0 Å². The number of rotatable bonds is 2. The zero-order valence-electron chi connectivity index (χ0n) is 15.3. The van der Waals surface area contributed by atoms with Gasteiger partial charge in [-0.25, -0.2) is 4.79 Å². The van der Waals surface area contributed by atoms with E-state index in [2.05, 4.69) is 25.1 Å². The molecule has 2 aromatic heterocycles. The Bertz CT molecular complexity index is 1270. The predicted octanol–water partition coefficient (Wildman–Crippen LogP) is 5.24. The first kappa shape index (κ1) is 16.1. The lowest BCUT2D eigenvalue weighted by atomic mass is 10.1. The quantitative estimate of drug-likeness (QED) is 0.460. The van der Waals surface area contributed by atoms with Crippen molar-refractivity contribution in [2.75, 3.05) is 0 Å². The van der Waals surface area contributed by atoms with E-state index in [1.165, 1.54) is 17.2 Å². The molecule has 0 unspecified atom stereocenters. The number of aromatic nitrogens is 1. The fourth-order valence-corrected chi connectivity index (χ4v) is 3.94. The molecule has 4 aromatic rings. The maximum atomic E-state index is 11.7. The fraction of sp³-hybridized carbons (Fsp3) is 0.217. The van der Waals surface area contributed by atoms with Gasteiger partial charge in [0.25, 0.3) is 0 Å². The highest BCUT2D eigenvalue weighted by atomic mass is 16.5. The van der Waals surface area contributed by atoms with Crippen molar-refractivity contribution in [1.29, 1.82) is 0 Å². The van der Waals surface area contributed by atoms with Gasteiger partial charge in [-0.1, -0.05) is 11.6 Å². The Kier molecular flexibility index (Phi) is 3.54. The van der Waals surface area contributed by atoms with Gasteiger partial charge in [-0.05, 0) is 62.9 Å². The molecule has 0 saturated heterocycles. The molecule has 0 radical (unpaired) electrons. The molecule has 134 valence electrons. The predicted molar refractivity (Wildman–Crippen MR) is 106 cm³/mol. The van der Waals surface area contributed by atoms with Crippen molar-refractivity contribution in [3.63, 3.8) is 0 Å². The van der Waals surface area contributed by atoms with Crippen LogP contribution in [0.2, 0.25) is 0 Å². The molecular weight excluding hydrogens is 338 g/mol. The molecule has 0 saturated carbocycles. The molecule has 27 heavy (non-hydrogen) atoms. The summed E-state index contributed by atoms with van der Waals surface area (Å²) in [6.07, 6.45) is 3.06. The molecule has 0 aliphatic heterocycles. The van der Waals surface area contributed by atoms with E-state index in [-0.39, 0.29) is 5.63 Å². The van der Waals surface area contributed by atoms with Crippen LogP contribution in [0.4, 0.5) is 0 Å². The molecule has 5 rings (SSSR count). The number of pyridine rings is 1. The standard InChI is InChI=1S/C23H19NO3/c1-13-6-9-20-18(10-13)23(17-4-3-5-19(17)24-20)26-15-7-8-16-14(2)11-22(25)27-21(16)12-15/h6-12H,3-5H2,1-2H3. The Hall–Kier alpha value is -3.14. The lowest BCUT2D eigenvalue weighted by Gasteiger charge is -2.14. The van der Waals surface area contributed by atoms with E-state index >= 15 is 0 Å². The van der Waals surface area contributed by atoms with Crippen molar-refractivity contribution < 1.29 is 9.15 Å². The van der Waals surface area contributed by atoms with Gasteiger partial charge in [0.2, 0.25) is 0 Å². The molecule has 2 heterocycles. The number of aryl methyl sites for hydroxylation is 3. The van der Waals surface area contributed by atoms with Crippen molar-refractivity contribution in [2.24, 2.45) is 0 Å². The number of hydrogen-bond donors (Lipinski definition) is 0. The SMILES string of the molecule is Cc1ccc2nc3c(c(Oc4ccc5c(C)cc(=O)oc5c4)c2c1)CCC3. The monoisotopic (exact) mass is 357 g/mol. The smallest absolute Gasteiger partial charge is 0.336 e. The summed E-state index contributed by atoms with van der Waals surface area (Å²) in [6.45, 7) is 3.98. The summed E-state index contributed by atoms with van der Waals surface area (Å²) in [5, 5.41) is 1.95. The molecule has 0 bridgehead atoms. The molecule has 0 N–H and O–H groups in total. The average Bonchev–Trinajstić information content (AvgIpc) is 3.10. The number of hydrogen-bond acceptors (Lipinski definition) is 4. The van der Waals surface area contributed by atoms with Gasteiger partial charge in [0.05, 0.1) is 5.52 Å². The molecule has 0 atom stereocenters. The molecule has 4 nitrogen and oxygen atoms in total. The van der Waals surface area contributed by atoms with Crippen LogP contribution in [-0.4, -0.2) is 4.98 Å². The highest BCUT2D eigenvalue weighted by molar-refractivity contribution is 5.88.